The third-order valence-corrected chi connectivity index (χ3v) is 1.19. The molecule has 11 heavy (non-hydrogen) atoms. The van der Waals surface area contributed by atoms with Crippen LogP contribution in [0.3, 0.4) is 0 Å². The second kappa shape index (κ2) is 5.19. The molecular weight excluding hydrogens is 143 g/mol. The molecule has 0 aliphatic heterocycles. The van der Waals surface area contributed by atoms with E-state index in [0.29, 0.717) is 6.42 Å². The molecule has 0 aromatic rings. The Labute approximate surface area is 68.5 Å². The Hall–Kier alpha value is -0.505. The summed E-state index contributed by atoms with van der Waals surface area (Å²) in [6.07, 6.45) is 0.0628. The van der Waals surface area contributed by atoms with Gasteiger partial charge in [0.2, 0.25) is 0 Å². The van der Waals surface area contributed by atoms with Crippen molar-refractivity contribution in [1.29, 1.82) is 0 Å². The maximum absolute atomic E-state index is 10.8. The molecule has 0 spiro atoms. The first-order valence-corrected chi connectivity index (χ1v) is 3.67. The molecule has 0 fully saturated rings. The first-order valence-electron chi connectivity index (χ1n) is 3.67. The lowest BCUT2D eigenvalue weighted by Crippen LogP contribution is -2.27. The van der Waals surface area contributed by atoms with Crippen LogP contribution in [0.15, 0.2) is 0 Å². The third kappa shape index (κ3) is 4.04. The van der Waals surface area contributed by atoms with Crippen LogP contribution in [0.1, 0.15) is 27.2 Å². The van der Waals surface area contributed by atoms with E-state index in [9.17, 15) is 4.79 Å². The highest BCUT2D eigenvalue weighted by Gasteiger charge is 2.17. The van der Waals surface area contributed by atoms with Crippen molar-refractivity contribution < 1.29 is 14.2 Å². The lowest BCUT2D eigenvalue weighted by Gasteiger charge is -2.16. The molecule has 0 rings (SSSR count). The average molecular weight is 156 g/mol. The van der Waals surface area contributed by atoms with Gasteiger partial charge in [-0.25, -0.2) is 0 Å². The minimum absolute atomic E-state index is 0.0130. The summed E-state index contributed by atoms with van der Waals surface area (Å²) in [5, 5.41) is 0. The fourth-order valence-electron chi connectivity index (χ4n) is 0.723. The maximum atomic E-state index is 10.8. The highest BCUT2D eigenvalue weighted by atomic mass is 16.6. The Morgan fingerprint density at radius 3 is 2.36 bits per heavy atom. The van der Waals surface area contributed by atoms with E-state index in [-0.39, 0.29) is 6.10 Å². The summed E-state index contributed by atoms with van der Waals surface area (Å²) in [5.41, 5.74) is 0. The standard InChI is InChI=1S/C7H13BO3/c1-4-6(7(9)11-8)10-5(2)3/h5-6H,4H2,1-3H3. The number of ether oxygens (including phenoxy) is 1. The van der Waals surface area contributed by atoms with Crippen molar-refractivity contribution in [1.82, 2.24) is 0 Å². The topological polar surface area (TPSA) is 35.5 Å². The zero-order valence-electron chi connectivity index (χ0n) is 7.16. The second-order valence-electron chi connectivity index (χ2n) is 2.52. The lowest BCUT2D eigenvalue weighted by molar-refractivity contribution is -0.150. The van der Waals surface area contributed by atoms with Crippen LogP contribution in [0.25, 0.3) is 0 Å². The molecule has 0 bridgehead atoms. The van der Waals surface area contributed by atoms with E-state index in [1.165, 1.54) is 0 Å². The van der Waals surface area contributed by atoms with Crippen LogP contribution in [-0.2, 0) is 14.2 Å². The molecule has 0 amide bonds. The van der Waals surface area contributed by atoms with E-state index in [2.05, 4.69) is 4.65 Å². The molecule has 2 radical (unpaired) electrons. The van der Waals surface area contributed by atoms with Crippen molar-refractivity contribution >= 4 is 14.0 Å². The number of hydrogen-bond donors (Lipinski definition) is 0. The highest BCUT2D eigenvalue weighted by Crippen LogP contribution is 2.03. The van der Waals surface area contributed by atoms with Crippen molar-refractivity contribution in [2.75, 3.05) is 0 Å². The third-order valence-electron chi connectivity index (χ3n) is 1.19. The van der Waals surface area contributed by atoms with Gasteiger partial charge in [-0.2, -0.15) is 0 Å². The van der Waals surface area contributed by atoms with Crippen LogP contribution in [0.2, 0.25) is 0 Å². The summed E-state index contributed by atoms with van der Waals surface area (Å²) in [5.74, 6) is -0.513. The van der Waals surface area contributed by atoms with Gasteiger partial charge in [0.1, 0.15) is 0 Å². The molecule has 0 aromatic heterocycles. The molecule has 1 unspecified atom stereocenters. The monoisotopic (exact) mass is 156 g/mol. The van der Waals surface area contributed by atoms with Crippen molar-refractivity contribution in [3.05, 3.63) is 0 Å². The normalized spacial score (nSPS) is 13.1. The quantitative estimate of drug-likeness (QED) is 0.565. The molecular formula is C7H13BO3. The Morgan fingerprint density at radius 2 is 2.09 bits per heavy atom. The molecule has 0 aromatic carbocycles. The fourth-order valence-corrected chi connectivity index (χ4v) is 0.723. The fraction of sp³-hybridized carbons (Fsp3) is 0.857. The number of hydrogen-bond acceptors (Lipinski definition) is 3. The SMILES string of the molecule is [B]OC(=O)C(CC)OC(C)C. The molecule has 0 aliphatic carbocycles. The molecule has 0 saturated heterocycles. The van der Waals surface area contributed by atoms with Gasteiger partial charge in [-0.3, -0.25) is 4.79 Å². The molecule has 3 nitrogen and oxygen atoms in total. The zero-order chi connectivity index (χ0) is 8.85. The molecule has 0 N–H and O–H groups in total. The summed E-state index contributed by atoms with van der Waals surface area (Å²) < 4.78 is 9.24. The van der Waals surface area contributed by atoms with Crippen LogP contribution < -0.4 is 0 Å². The zero-order valence-corrected chi connectivity index (χ0v) is 7.16. The summed E-state index contributed by atoms with van der Waals surface area (Å²) in [7, 11) is 4.69. The Morgan fingerprint density at radius 1 is 1.55 bits per heavy atom. The van der Waals surface area contributed by atoms with Gasteiger partial charge in [0.25, 0.3) is 0 Å². The van der Waals surface area contributed by atoms with Gasteiger partial charge in [0, 0.05) is 0 Å². The first kappa shape index (κ1) is 10.5. The predicted octanol–water partition coefficient (Wildman–Crippen LogP) is 0.817. The smallest absolute Gasteiger partial charge is 0.378 e. The molecule has 0 heterocycles. The van der Waals surface area contributed by atoms with Gasteiger partial charge in [-0.15, -0.1) is 0 Å². The number of carbonyl (C=O) groups is 1. The minimum atomic E-state index is -0.528. The summed E-state index contributed by atoms with van der Waals surface area (Å²) in [6, 6.07) is 0. The van der Waals surface area contributed by atoms with Gasteiger partial charge >= 0.3 is 14.0 Å². The first-order chi connectivity index (χ1) is 5.11. The number of rotatable bonds is 4. The van der Waals surface area contributed by atoms with Gasteiger partial charge in [-0.1, -0.05) is 6.92 Å². The van der Waals surface area contributed by atoms with E-state index in [4.69, 9.17) is 12.8 Å². The second-order valence-corrected chi connectivity index (χ2v) is 2.52. The summed E-state index contributed by atoms with van der Waals surface area (Å²) in [4.78, 5) is 10.8. The Bertz CT molecular complexity index is 125. The highest BCUT2D eigenvalue weighted by molar-refractivity contribution is 6.06. The van der Waals surface area contributed by atoms with E-state index < -0.39 is 12.1 Å². The van der Waals surface area contributed by atoms with Crippen molar-refractivity contribution in [2.45, 2.75) is 39.4 Å². The predicted molar refractivity (Wildman–Crippen MR) is 42.1 cm³/mol. The van der Waals surface area contributed by atoms with Crippen LogP contribution in [0.4, 0.5) is 0 Å². The van der Waals surface area contributed by atoms with Crippen molar-refractivity contribution in [3.63, 3.8) is 0 Å². The number of carbonyl (C=O) groups excluding carboxylic acids is 1. The van der Waals surface area contributed by atoms with Crippen LogP contribution in [0.5, 0.6) is 0 Å². The Kier molecular flexibility index (Phi) is 4.95. The molecule has 0 saturated carbocycles. The van der Waals surface area contributed by atoms with E-state index in [1.807, 2.05) is 20.8 Å². The van der Waals surface area contributed by atoms with Crippen LogP contribution in [0, 0.1) is 0 Å². The molecule has 4 heteroatoms. The lowest BCUT2D eigenvalue weighted by atomic mass is 10.2. The molecule has 1 atom stereocenters. The summed E-state index contributed by atoms with van der Waals surface area (Å²) >= 11 is 0. The Balaban J connectivity index is 3.84. The van der Waals surface area contributed by atoms with Gasteiger partial charge in [-0.05, 0) is 20.3 Å². The van der Waals surface area contributed by atoms with Gasteiger partial charge in [0.05, 0.1) is 6.10 Å². The molecule has 62 valence electrons. The maximum Gasteiger partial charge on any atom is 0.378 e. The van der Waals surface area contributed by atoms with Crippen molar-refractivity contribution in [3.8, 4) is 0 Å². The van der Waals surface area contributed by atoms with Gasteiger partial charge < -0.3 is 9.39 Å². The van der Waals surface area contributed by atoms with E-state index in [1.54, 1.807) is 0 Å². The van der Waals surface area contributed by atoms with E-state index >= 15 is 0 Å². The van der Waals surface area contributed by atoms with Gasteiger partial charge in [0.15, 0.2) is 6.10 Å². The van der Waals surface area contributed by atoms with Crippen LogP contribution in [-0.4, -0.2) is 26.2 Å². The average Bonchev–Trinajstić information content (AvgIpc) is 1.98. The van der Waals surface area contributed by atoms with E-state index in [0.717, 1.165) is 0 Å². The minimum Gasteiger partial charge on any atom is -0.541 e. The van der Waals surface area contributed by atoms with Crippen molar-refractivity contribution in [2.24, 2.45) is 0 Å². The van der Waals surface area contributed by atoms with Crippen LogP contribution >= 0.6 is 0 Å². The molecule has 0 aliphatic rings. The largest absolute Gasteiger partial charge is 0.541 e. The summed E-state index contributed by atoms with van der Waals surface area (Å²) in [6.45, 7) is 5.54.